The van der Waals surface area contributed by atoms with Crippen molar-refractivity contribution in [3.8, 4) is 11.5 Å². The second-order valence-electron chi connectivity index (χ2n) is 7.62. The van der Waals surface area contributed by atoms with Crippen molar-refractivity contribution in [1.29, 1.82) is 0 Å². The van der Waals surface area contributed by atoms with Crippen LogP contribution in [0.4, 0.5) is 0 Å². The summed E-state index contributed by atoms with van der Waals surface area (Å²) < 4.78 is 0. The highest BCUT2D eigenvalue weighted by atomic mass is 16.3. The molecule has 1 unspecified atom stereocenters. The van der Waals surface area contributed by atoms with Crippen molar-refractivity contribution in [1.82, 2.24) is 9.80 Å². The lowest BCUT2D eigenvalue weighted by molar-refractivity contribution is 0.0532. The first kappa shape index (κ1) is 20.6. The number of nitrogens with zero attached hydrogens (tertiary/aromatic N) is 2. The second kappa shape index (κ2) is 9.81. The normalized spacial score (nSPS) is 18.3. The number of hydrogen-bond acceptors (Lipinski definition) is 4. The van der Waals surface area contributed by atoms with Crippen LogP contribution in [-0.2, 0) is 6.42 Å². The Morgan fingerprint density at radius 3 is 2.31 bits per heavy atom. The highest BCUT2D eigenvalue weighted by Gasteiger charge is 2.27. The highest BCUT2D eigenvalue weighted by Crippen LogP contribution is 2.31. The summed E-state index contributed by atoms with van der Waals surface area (Å²) in [7, 11) is 2.05. The number of unbranched alkanes of at least 4 members (excludes halogenated alkanes) is 5. The fourth-order valence-electron chi connectivity index (χ4n) is 3.71. The van der Waals surface area contributed by atoms with Crippen LogP contribution in [0.3, 0.4) is 0 Å². The molecule has 1 aliphatic heterocycles. The van der Waals surface area contributed by atoms with E-state index in [4.69, 9.17) is 0 Å². The Kier molecular flexibility index (Phi) is 7.76. The van der Waals surface area contributed by atoms with E-state index in [2.05, 4.69) is 11.8 Å². The maximum Gasteiger partial charge on any atom is 0.254 e. The zero-order chi connectivity index (χ0) is 19.1. The first-order valence-electron chi connectivity index (χ1n) is 9.98. The quantitative estimate of drug-likeness (QED) is 0.691. The van der Waals surface area contributed by atoms with E-state index in [1.165, 1.54) is 37.8 Å². The highest BCUT2D eigenvalue weighted by molar-refractivity contribution is 5.95. The van der Waals surface area contributed by atoms with Crippen LogP contribution in [0.2, 0.25) is 0 Å². The molecule has 5 heteroatoms. The molecule has 1 aliphatic rings. The van der Waals surface area contributed by atoms with Gasteiger partial charge in [-0.1, -0.05) is 39.0 Å². The summed E-state index contributed by atoms with van der Waals surface area (Å²) in [4.78, 5) is 16.8. The number of amides is 1. The van der Waals surface area contributed by atoms with Gasteiger partial charge in [0.1, 0.15) is 11.5 Å². The van der Waals surface area contributed by atoms with E-state index in [9.17, 15) is 15.0 Å². The van der Waals surface area contributed by atoms with Gasteiger partial charge in [0.15, 0.2) is 0 Å². The number of rotatable bonds is 8. The molecule has 0 saturated carbocycles. The summed E-state index contributed by atoms with van der Waals surface area (Å²) in [5.74, 6) is -0.0605. The third-order valence-corrected chi connectivity index (χ3v) is 5.32. The first-order chi connectivity index (χ1) is 12.4. The standard InChI is InChI=1S/C21H34N2O3/c1-4-5-6-7-8-9-10-18-19(24)13-17(14-20(18)25)21(26)23-12-11-22(3)15-16(23)2/h13-14,16,24-25H,4-12,15H2,1-3H3. The van der Waals surface area contributed by atoms with E-state index < -0.39 is 0 Å². The van der Waals surface area contributed by atoms with Gasteiger partial charge in [0.2, 0.25) is 0 Å². The SMILES string of the molecule is CCCCCCCCc1c(O)cc(C(=O)N2CCN(C)CC2C)cc1O. The van der Waals surface area contributed by atoms with E-state index in [0.29, 0.717) is 24.1 Å². The molecule has 0 aliphatic carbocycles. The number of carbonyl (C=O) groups excluding carboxylic acids is 1. The minimum absolute atomic E-state index is 0.0312. The Morgan fingerprint density at radius 1 is 1.08 bits per heavy atom. The number of piperazine rings is 1. The molecule has 1 saturated heterocycles. The van der Waals surface area contributed by atoms with Gasteiger partial charge in [-0.3, -0.25) is 4.79 Å². The van der Waals surface area contributed by atoms with Crippen LogP contribution in [-0.4, -0.2) is 58.6 Å². The molecule has 1 aromatic rings. The second-order valence-corrected chi connectivity index (χ2v) is 7.62. The van der Waals surface area contributed by atoms with Gasteiger partial charge in [0.05, 0.1) is 0 Å². The van der Waals surface area contributed by atoms with E-state index in [0.717, 1.165) is 25.9 Å². The van der Waals surface area contributed by atoms with Gasteiger partial charge in [-0.2, -0.15) is 0 Å². The van der Waals surface area contributed by atoms with Gasteiger partial charge in [-0.25, -0.2) is 0 Å². The molecule has 0 radical (unpaired) electrons. The van der Waals surface area contributed by atoms with Gasteiger partial charge >= 0.3 is 0 Å². The summed E-state index contributed by atoms with van der Waals surface area (Å²) in [5.41, 5.74) is 0.923. The van der Waals surface area contributed by atoms with Gasteiger partial charge in [0, 0.05) is 36.8 Å². The molecule has 146 valence electrons. The Morgan fingerprint density at radius 2 is 1.69 bits per heavy atom. The summed E-state index contributed by atoms with van der Waals surface area (Å²) in [5, 5.41) is 20.7. The Labute approximate surface area is 157 Å². The predicted octanol–water partition coefficient (Wildman–Crippen LogP) is 3.78. The number of hydrogen-bond donors (Lipinski definition) is 2. The fraction of sp³-hybridized carbons (Fsp3) is 0.667. The number of carbonyl (C=O) groups is 1. The van der Waals surface area contributed by atoms with Crippen LogP contribution in [0.5, 0.6) is 11.5 Å². The van der Waals surface area contributed by atoms with Crippen molar-refractivity contribution in [2.24, 2.45) is 0 Å². The van der Waals surface area contributed by atoms with Crippen LogP contribution in [0.1, 0.15) is 68.3 Å². The molecule has 1 amide bonds. The van der Waals surface area contributed by atoms with E-state index in [1.807, 2.05) is 18.9 Å². The van der Waals surface area contributed by atoms with E-state index in [1.54, 1.807) is 0 Å². The monoisotopic (exact) mass is 362 g/mol. The summed E-state index contributed by atoms with van der Waals surface area (Å²) in [6.07, 6.45) is 7.59. The van der Waals surface area contributed by atoms with Crippen molar-refractivity contribution in [3.63, 3.8) is 0 Å². The lowest BCUT2D eigenvalue weighted by Gasteiger charge is -2.38. The fourth-order valence-corrected chi connectivity index (χ4v) is 3.71. The number of phenols is 2. The summed E-state index contributed by atoms with van der Waals surface area (Å²) >= 11 is 0. The largest absolute Gasteiger partial charge is 0.508 e. The van der Waals surface area contributed by atoms with Crippen molar-refractivity contribution < 1.29 is 15.0 Å². The minimum atomic E-state index is -0.123. The molecule has 2 rings (SSSR count). The zero-order valence-corrected chi connectivity index (χ0v) is 16.5. The van der Waals surface area contributed by atoms with Gasteiger partial charge in [-0.05, 0) is 38.9 Å². The van der Waals surface area contributed by atoms with Crippen molar-refractivity contribution >= 4 is 5.91 Å². The average Bonchev–Trinajstić information content (AvgIpc) is 2.59. The van der Waals surface area contributed by atoms with Gasteiger partial charge in [0.25, 0.3) is 5.91 Å². The third kappa shape index (κ3) is 5.37. The van der Waals surface area contributed by atoms with Crippen molar-refractivity contribution in [3.05, 3.63) is 23.3 Å². The molecule has 26 heavy (non-hydrogen) atoms. The van der Waals surface area contributed by atoms with Crippen LogP contribution >= 0.6 is 0 Å². The lowest BCUT2D eigenvalue weighted by Crippen LogP contribution is -2.52. The smallest absolute Gasteiger partial charge is 0.254 e. The Balaban J connectivity index is 1.98. The van der Waals surface area contributed by atoms with Gasteiger partial charge in [-0.15, -0.1) is 0 Å². The molecule has 1 aromatic carbocycles. The minimum Gasteiger partial charge on any atom is -0.508 e. The molecule has 0 spiro atoms. The molecule has 1 atom stereocenters. The number of aromatic hydroxyl groups is 2. The average molecular weight is 363 g/mol. The van der Waals surface area contributed by atoms with Crippen LogP contribution in [0.15, 0.2) is 12.1 Å². The molecule has 0 aromatic heterocycles. The topological polar surface area (TPSA) is 64.0 Å². The van der Waals surface area contributed by atoms with Crippen LogP contribution < -0.4 is 0 Å². The molecule has 2 N–H and O–H groups in total. The zero-order valence-electron chi connectivity index (χ0n) is 16.5. The lowest BCUT2D eigenvalue weighted by atomic mass is 10.0. The Bertz CT molecular complexity index is 580. The molecular weight excluding hydrogens is 328 g/mol. The number of benzene rings is 1. The van der Waals surface area contributed by atoms with Crippen LogP contribution in [0, 0.1) is 0 Å². The van der Waals surface area contributed by atoms with E-state index >= 15 is 0 Å². The number of likely N-dealkylation sites (N-methyl/N-ethyl adjacent to an activating group) is 1. The third-order valence-electron chi connectivity index (χ3n) is 5.32. The van der Waals surface area contributed by atoms with Gasteiger partial charge < -0.3 is 20.0 Å². The molecular formula is C21H34N2O3. The first-order valence-corrected chi connectivity index (χ1v) is 9.98. The maximum absolute atomic E-state index is 12.8. The molecule has 5 nitrogen and oxygen atoms in total. The van der Waals surface area contributed by atoms with E-state index in [-0.39, 0.29) is 23.4 Å². The van der Waals surface area contributed by atoms with Crippen molar-refractivity contribution in [2.45, 2.75) is 64.8 Å². The Hall–Kier alpha value is -1.75. The molecule has 1 fully saturated rings. The molecule has 1 heterocycles. The molecule has 0 bridgehead atoms. The summed E-state index contributed by atoms with van der Waals surface area (Å²) in [6.45, 7) is 6.56. The van der Waals surface area contributed by atoms with Crippen LogP contribution in [0.25, 0.3) is 0 Å². The maximum atomic E-state index is 12.8. The predicted molar refractivity (Wildman–Crippen MR) is 105 cm³/mol. The number of phenolic OH excluding ortho intramolecular Hbond substituents is 2. The van der Waals surface area contributed by atoms with Crippen molar-refractivity contribution in [2.75, 3.05) is 26.7 Å². The summed E-state index contributed by atoms with van der Waals surface area (Å²) in [6, 6.07) is 3.15.